The highest BCUT2D eigenvalue weighted by Gasteiger charge is 2.34. The van der Waals surface area contributed by atoms with Gasteiger partial charge in [0.2, 0.25) is 0 Å². The maximum Gasteiger partial charge on any atom is 0.300 e. The van der Waals surface area contributed by atoms with Gasteiger partial charge in [-0.1, -0.05) is 130 Å². The van der Waals surface area contributed by atoms with Crippen LogP contribution >= 0.6 is 7.26 Å². The van der Waals surface area contributed by atoms with E-state index in [1.54, 1.807) is 50.3 Å². The normalized spacial score (nSPS) is 10.9. The summed E-state index contributed by atoms with van der Waals surface area (Å²) in [4.78, 5) is 17.9. The molecule has 0 aromatic rings. The van der Waals surface area contributed by atoms with Crippen LogP contribution in [0.15, 0.2) is 0 Å². The molecule has 0 aliphatic rings. The molecule has 5 heteroatoms. The predicted molar refractivity (Wildman–Crippen MR) is 184 cm³/mol. The van der Waals surface area contributed by atoms with E-state index >= 15 is 0 Å². The molecule has 0 saturated carbocycles. The lowest BCUT2D eigenvalue weighted by Crippen LogP contribution is -2.16. The van der Waals surface area contributed by atoms with Crippen LogP contribution in [0.1, 0.15) is 196 Å². The van der Waals surface area contributed by atoms with Gasteiger partial charge < -0.3 is 15.0 Å². The first kappa shape index (κ1) is 44.8. The van der Waals surface area contributed by atoms with Crippen LogP contribution in [0.4, 0.5) is 0 Å². The molecule has 0 aliphatic heterocycles. The molecule has 0 aromatic carbocycles. The molecule has 0 heterocycles. The Morgan fingerprint density at radius 3 is 0.756 bits per heavy atom. The van der Waals surface area contributed by atoms with E-state index in [1.807, 2.05) is 0 Å². The van der Waals surface area contributed by atoms with E-state index < -0.39 is 19.2 Å². The van der Waals surface area contributed by atoms with Gasteiger partial charge in [0, 0.05) is 20.2 Å². The second-order valence-electron chi connectivity index (χ2n) is 12.3. The lowest BCUT2D eigenvalue weighted by atomic mass is 10.1. The van der Waals surface area contributed by atoms with Gasteiger partial charge in [-0.25, -0.2) is 0 Å². The minimum absolute atomic E-state index is 0.718. The number of hydrogen-bond donors (Lipinski definition) is 1. The van der Waals surface area contributed by atoms with Gasteiger partial charge in [-0.2, -0.15) is 0 Å². The number of carboxylic acids is 2. The van der Waals surface area contributed by atoms with E-state index in [9.17, 15) is 0 Å². The van der Waals surface area contributed by atoms with Crippen molar-refractivity contribution in [2.45, 2.75) is 196 Å². The number of carbonyl (C=O) groups is 2. The maximum absolute atomic E-state index is 9.00. The molecule has 0 aromatic heterocycles. The van der Waals surface area contributed by atoms with Crippen LogP contribution in [-0.2, 0) is 9.59 Å². The van der Waals surface area contributed by atoms with E-state index in [-0.39, 0.29) is 0 Å². The minimum atomic E-state index is -1.08. The Bertz CT molecular complexity index is 434. The van der Waals surface area contributed by atoms with E-state index in [4.69, 9.17) is 19.8 Å². The number of unbranched alkanes of at least 4 members (excludes halogenated alkanes) is 20. The summed E-state index contributed by atoms with van der Waals surface area (Å²) < 4.78 is 0. The van der Waals surface area contributed by atoms with Crippen LogP contribution in [-0.4, -0.2) is 41.7 Å². The third kappa shape index (κ3) is 43.9. The highest BCUT2D eigenvalue weighted by Crippen LogP contribution is 2.61. The Hall–Kier alpha value is -0.630. The summed E-state index contributed by atoms with van der Waals surface area (Å²) in [6, 6.07) is 0. The average Bonchev–Trinajstić information content (AvgIpc) is 2.91. The van der Waals surface area contributed by atoms with Gasteiger partial charge in [0.15, 0.2) is 0 Å². The average molecular weight is 603 g/mol. The van der Waals surface area contributed by atoms with Crippen LogP contribution in [0.2, 0.25) is 0 Å². The topological polar surface area (TPSA) is 77.4 Å². The molecule has 0 bridgehead atoms. The van der Waals surface area contributed by atoms with Gasteiger partial charge in [0.05, 0.1) is 24.6 Å². The zero-order valence-electron chi connectivity index (χ0n) is 28.9. The van der Waals surface area contributed by atoms with Crippen LogP contribution in [0, 0.1) is 0 Å². The number of carbonyl (C=O) groups excluding carboxylic acids is 1. The SMILES string of the molecule is CC(=O)O.CC(=O)[O-].CCCCCCCC[P+](CCCCCCCC)(CCCCCCCC)CCCCCCCC. The fourth-order valence-electron chi connectivity index (χ4n) is 5.58. The Balaban J connectivity index is -0.00000158. The molecule has 0 aliphatic carbocycles. The lowest BCUT2D eigenvalue weighted by molar-refractivity contribution is -0.302. The quantitative estimate of drug-likeness (QED) is 0.0713. The molecule has 0 amide bonds. The molecule has 4 nitrogen and oxygen atoms in total. The first-order valence-electron chi connectivity index (χ1n) is 17.9. The lowest BCUT2D eigenvalue weighted by Gasteiger charge is -2.28. The number of hydrogen-bond acceptors (Lipinski definition) is 3. The van der Waals surface area contributed by atoms with Gasteiger partial charge in [0.1, 0.15) is 0 Å². The second kappa shape index (κ2) is 37.4. The summed E-state index contributed by atoms with van der Waals surface area (Å²) in [7, 11) is -0.718. The molecule has 0 fully saturated rings. The molecular weight excluding hydrogens is 527 g/mol. The van der Waals surface area contributed by atoms with Crippen LogP contribution in [0.5, 0.6) is 0 Å². The molecule has 0 spiro atoms. The summed E-state index contributed by atoms with van der Waals surface area (Å²) in [6.45, 7) is 11.4. The standard InChI is InChI=1S/C32H68P.2C2H4O2/c1-5-9-13-17-21-25-29-33(30-26-22-18-14-10-6-2,31-27-23-19-15-11-7-3)32-28-24-20-16-12-8-4;2*1-2(3)4/h5-32H2,1-4H3;2*1H3,(H,3,4)/q+1;;/p-1. The number of carboxylic acid groups (broad SMARTS) is 2. The van der Waals surface area contributed by atoms with Crippen molar-refractivity contribution in [3.05, 3.63) is 0 Å². The zero-order chi connectivity index (χ0) is 31.5. The second-order valence-corrected chi connectivity index (χ2v) is 16.8. The van der Waals surface area contributed by atoms with Crippen LogP contribution in [0.3, 0.4) is 0 Å². The third-order valence-corrected chi connectivity index (χ3v) is 13.0. The molecule has 0 saturated heterocycles. The van der Waals surface area contributed by atoms with Crippen LogP contribution in [0.25, 0.3) is 0 Å². The molecular formula is C36H75O4P. The Morgan fingerprint density at radius 1 is 0.439 bits per heavy atom. The Morgan fingerprint density at radius 2 is 0.585 bits per heavy atom. The van der Waals surface area contributed by atoms with Gasteiger partial charge >= 0.3 is 0 Å². The summed E-state index contributed by atoms with van der Waals surface area (Å²) in [6.07, 6.45) is 42.1. The third-order valence-electron chi connectivity index (χ3n) is 7.94. The highest BCUT2D eigenvalue weighted by atomic mass is 31.2. The molecule has 0 rings (SSSR count). The van der Waals surface area contributed by atoms with Crippen molar-refractivity contribution in [1.82, 2.24) is 0 Å². The minimum Gasteiger partial charge on any atom is -0.550 e. The van der Waals surface area contributed by atoms with Crippen molar-refractivity contribution in [3.63, 3.8) is 0 Å². The van der Waals surface area contributed by atoms with Crippen molar-refractivity contribution in [3.8, 4) is 0 Å². The first-order valence-corrected chi connectivity index (χ1v) is 20.5. The smallest absolute Gasteiger partial charge is 0.300 e. The summed E-state index contributed by atoms with van der Waals surface area (Å²) >= 11 is 0. The Labute approximate surface area is 259 Å². The highest BCUT2D eigenvalue weighted by molar-refractivity contribution is 7.75. The summed E-state index contributed by atoms with van der Waals surface area (Å²) in [5.41, 5.74) is 0. The van der Waals surface area contributed by atoms with Crippen molar-refractivity contribution >= 4 is 19.2 Å². The molecule has 0 radical (unpaired) electrons. The fourth-order valence-corrected chi connectivity index (χ4v) is 10.5. The van der Waals surface area contributed by atoms with E-state index in [1.165, 1.54) is 128 Å². The first-order chi connectivity index (χ1) is 19.7. The predicted octanol–water partition coefficient (Wildman–Crippen LogP) is 11.3. The number of aliphatic carboxylic acids is 2. The van der Waals surface area contributed by atoms with Crippen molar-refractivity contribution < 1.29 is 19.8 Å². The van der Waals surface area contributed by atoms with Crippen molar-refractivity contribution in [2.75, 3.05) is 24.6 Å². The maximum atomic E-state index is 9.00. The van der Waals surface area contributed by atoms with E-state index in [0.717, 1.165) is 13.8 Å². The van der Waals surface area contributed by atoms with E-state index in [0.29, 0.717) is 0 Å². The van der Waals surface area contributed by atoms with Gasteiger partial charge in [0.25, 0.3) is 5.97 Å². The van der Waals surface area contributed by atoms with E-state index in [2.05, 4.69) is 27.7 Å². The Kier molecular flexibility index (Phi) is 40.9. The fraction of sp³-hybridized carbons (Fsp3) is 0.944. The molecule has 0 atom stereocenters. The number of rotatable bonds is 28. The molecule has 248 valence electrons. The van der Waals surface area contributed by atoms with Gasteiger partial charge in [-0.3, -0.25) is 4.79 Å². The molecule has 0 unspecified atom stereocenters. The van der Waals surface area contributed by atoms with Crippen molar-refractivity contribution in [2.24, 2.45) is 0 Å². The van der Waals surface area contributed by atoms with Crippen LogP contribution < -0.4 is 5.11 Å². The summed E-state index contributed by atoms with van der Waals surface area (Å²) in [5.74, 6) is -1.92. The monoisotopic (exact) mass is 603 g/mol. The largest absolute Gasteiger partial charge is 0.550 e. The molecule has 1 N–H and O–H groups in total. The van der Waals surface area contributed by atoms with Gasteiger partial charge in [-0.05, 0) is 58.3 Å². The molecule has 41 heavy (non-hydrogen) atoms. The summed E-state index contributed by atoms with van der Waals surface area (Å²) in [5, 5.41) is 16.3. The zero-order valence-corrected chi connectivity index (χ0v) is 29.8. The van der Waals surface area contributed by atoms with Crippen molar-refractivity contribution in [1.29, 1.82) is 0 Å². The van der Waals surface area contributed by atoms with Gasteiger partial charge in [-0.15, -0.1) is 0 Å².